The van der Waals surface area contributed by atoms with Gasteiger partial charge in [0.05, 0.1) is 7.11 Å². The Morgan fingerprint density at radius 2 is 2.00 bits per heavy atom. The summed E-state index contributed by atoms with van der Waals surface area (Å²) in [6.07, 6.45) is 0. The Hall–Kier alpha value is -1.26. The first-order valence-corrected chi connectivity index (χ1v) is 6.72. The fourth-order valence-corrected chi connectivity index (χ4v) is 2.28. The summed E-state index contributed by atoms with van der Waals surface area (Å²) in [4.78, 5) is 4.61. The van der Waals surface area contributed by atoms with Gasteiger partial charge >= 0.3 is 0 Å². The maximum absolute atomic E-state index is 9.61. The summed E-state index contributed by atoms with van der Waals surface area (Å²) in [5.41, 5.74) is 1.15. The zero-order valence-corrected chi connectivity index (χ0v) is 12.7. The monoisotopic (exact) mass is 266 g/mol. The number of nitrogens with zero attached hydrogens (tertiary/aromatic N) is 2. The average Bonchev–Trinajstić information content (AvgIpc) is 2.36. The normalized spacial score (nSPS) is 13.0. The second-order valence-electron chi connectivity index (χ2n) is 5.18. The molecule has 4 heteroatoms. The fourth-order valence-electron chi connectivity index (χ4n) is 2.28. The van der Waals surface area contributed by atoms with E-state index < -0.39 is 0 Å². The fraction of sp³-hybridized carbons (Fsp3) is 0.600. The van der Waals surface area contributed by atoms with E-state index in [1.807, 2.05) is 12.1 Å². The quantitative estimate of drug-likeness (QED) is 0.820. The van der Waals surface area contributed by atoms with E-state index in [0.717, 1.165) is 25.2 Å². The third-order valence-electron chi connectivity index (χ3n) is 3.29. The second-order valence-corrected chi connectivity index (χ2v) is 5.18. The minimum atomic E-state index is 0.190. The summed E-state index contributed by atoms with van der Waals surface area (Å²) in [5, 5.41) is 9.61. The number of rotatable bonds is 7. The largest absolute Gasteiger partial charge is 0.504 e. The molecule has 0 amide bonds. The van der Waals surface area contributed by atoms with Gasteiger partial charge in [0.15, 0.2) is 11.5 Å². The van der Waals surface area contributed by atoms with Gasteiger partial charge in [0, 0.05) is 19.1 Å². The van der Waals surface area contributed by atoms with Crippen LogP contribution in [0.25, 0.3) is 0 Å². The summed E-state index contributed by atoms with van der Waals surface area (Å²) >= 11 is 0. The van der Waals surface area contributed by atoms with Gasteiger partial charge in [0.1, 0.15) is 0 Å². The predicted octanol–water partition coefficient (Wildman–Crippen LogP) is 2.17. The van der Waals surface area contributed by atoms with Gasteiger partial charge in [0.25, 0.3) is 0 Å². The predicted molar refractivity (Wildman–Crippen MR) is 78.8 cm³/mol. The summed E-state index contributed by atoms with van der Waals surface area (Å²) in [6.45, 7) is 7.30. The van der Waals surface area contributed by atoms with Crippen LogP contribution in [0.3, 0.4) is 0 Å². The number of phenols is 1. The van der Waals surface area contributed by atoms with E-state index in [1.54, 1.807) is 13.2 Å². The van der Waals surface area contributed by atoms with Gasteiger partial charge in [-0.1, -0.05) is 13.0 Å². The molecule has 1 rings (SSSR count). The second kappa shape index (κ2) is 7.36. The van der Waals surface area contributed by atoms with E-state index in [1.165, 1.54) is 0 Å². The number of aromatic hydroxyl groups is 1. The summed E-state index contributed by atoms with van der Waals surface area (Å²) < 4.78 is 5.15. The molecule has 1 aromatic carbocycles. The third kappa shape index (κ3) is 4.73. The molecule has 0 saturated carbocycles. The lowest BCUT2D eigenvalue weighted by Gasteiger charge is -2.30. The molecule has 1 atom stereocenters. The average molecular weight is 266 g/mol. The van der Waals surface area contributed by atoms with Crippen molar-refractivity contribution < 1.29 is 9.84 Å². The molecule has 4 nitrogen and oxygen atoms in total. The minimum Gasteiger partial charge on any atom is -0.504 e. The van der Waals surface area contributed by atoms with Gasteiger partial charge in [-0.3, -0.25) is 4.90 Å². The van der Waals surface area contributed by atoms with Gasteiger partial charge < -0.3 is 14.7 Å². The van der Waals surface area contributed by atoms with Crippen molar-refractivity contribution in [2.45, 2.75) is 26.4 Å². The van der Waals surface area contributed by atoms with Crippen LogP contribution in [0.15, 0.2) is 18.2 Å². The minimum absolute atomic E-state index is 0.190. The molecule has 0 aromatic heterocycles. The molecule has 19 heavy (non-hydrogen) atoms. The Labute approximate surface area is 116 Å². The molecule has 0 fully saturated rings. The van der Waals surface area contributed by atoms with E-state index in [0.29, 0.717) is 11.8 Å². The molecule has 0 aliphatic carbocycles. The molecule has 0 heterocycles. The van der Waals surface area contributed by atoms with E-state index in [-0.39, 0.29) is 5.75 Å². The molecule has 0 bridgehead atoms. The van der Waals surface area contributed by atoms with Crippen LogP contribution in [0.4, 0.5) is 0 Å². The number of benzene rings is 1. The number of phenolic OH excluding ortho intramolecular Hbond substituents is 1. The highest BCUT2D eigenvalue weighted by Crippen LogP contribution is 2.27. The van der Waals surface area contributed by atoms with E-state index in [9.17, 15) is 5.11 Å². The first-order valence-electron chi connectivity index (χ1n) is 6.72. The third-order valence-corrected chi connectivity index (χ3v) is 3.29. The molecule has 0 saturated heterocycles. The maximum atomic E-state index is 9.61. The van der Waals surface area contributed by atoms with E-state index >= 15 is 0 Å². The number of methoxy groups -OCH3 is 1. The lowest BCUT2D eigenvalue weighted by atomic mass is 10.1. The van der Waals surface area contributed by atoms with Crippen molar-refractivity contribution in [2.75, 3.05) is 34.3 Å². The number of likely N-dealkylation sites (N-methyl/N-ethyl adjacent to an activating group) is 2. The zero-order chi connectivity index (χ0) is 14.4. The van der Waals surface area contributed by atoms with Crippen molar-refractivity contribution >= 4 is 0 Å². The van der Waals surface area contributed by atoms with Crippen LogP contribution < -0.4 is 4.74 Å². The van der Waals surface area contributed by atoms with Gasteiger partial charge in [0.2, 0.25) is 0 Å². The van der Waals surface area contributed by atoms with Crippen LogP contribution in [-0.4, -0.2) is 55.2 Å². The SMILES string of the molecule is CCN(Cc1ccc(O)c(OC)c1)C(C)CN(C)C. The van der Waals surface area contributed by atoms with Crippen molar-refractivity contribution in [3.05, 3.63) is 23.8 Å². The molecule has 0 spiro atoms. The van der Waals surface area contributed by atoms with Crippen LogP contribution in [0, 0.1) is 0 Å². The molecule has 0 aliphatic heterocycles. The molecule has 0 radical (unpaired) electrons. The van der Waals surface area contributed by atoms with Gasteiger partial charge in [-0.25, -0.2) is 0 Å². The van der Waals surface area contributed by atoms with Gasteiger partial charge in [-0.15, -0.1) is 0 Å². The topological polar surface area (TPSA) is 35.9 Å². The molecule has 108 valence electrons. The van der Waals surface area contributed by atoms with Crippen LogP contribution >= 0.6 is 0 Å². The Bertz CT molecular complexity index is 394. The lowest BCUT2D eigenvalue weighted by Crippen LogP contribution is -2.39. The Morgan fingerprint density at radius 3 is 2.53 bits per heavy atom. The summed E-state index contributed by atoms with van der Waals surface area (Å²) in [7, 11) is 5.76. The Balaban J connectivity index is 2.75. The van der Waals surface area contributed by atoms with Gasteiger partial charge in [-0.2, -0.15) is 0 Å². The highest BCUT2D eigenvalue weighted by Gasteiger charge is 2.14. The first kappa shape index (κ1) is 15.8. The van der Waals surface area contributed by atoms with Crippen molar-refractivity contribution in [1.29, 1.82) is 0 Å². The molecule has 1 aromatic rings. The van der Waals surface area contributed by atoms with Crippen LogP contribution in [-0.2, 0) is 6.54 Å². The van der Waals surface area contributed by atoms with Crippen molar-refractivity contribution in [1.82, 2.24) is 9.80 Å². The molecule has 0 aliphatic rings. The maximum Gasteiger partial charge on any atom is 0.160 e. The lowest BCUT2D eigenvalue weighted by molar-refractivity contribution is 0.174. The van der Waals surface area contributed by atoms with Crippen LogP contribution in [0.5, 0.6) is 11.5 Å². The molecular formula is C15H26N2O2. The van der Waals surface area contributed by atoms with Crippen LogP contribution in [0.1, 0.15) is 19.4 Å². The summed E-state index contributed by atoms with van der Waals surface area (Å²) in [5.74, 6) is 0.726. The number of hydrogen-bond acceptors (Lipinski definition) is 4. The van der Waals surface area contributed by atoms with Gasteiger partial charge in [-0.05, 0) is 45.3 Å². The highest BCUT2D eigenvalue weighted by atomic mass is 16.5. The van der Waals surface area contributed by atoms with Crippen molar-refractivity contribution in [3.8, 4) is 11.5 Å². The number of hydrogen-bond donors (Lipinski definition) is 1. The smallest absolute Gasteiger partial charge is 0.160 e. The van der Waals surface area contributed by atoms with Crippen LogP contribution in [0.2, 0.25) is 0 Å². The zero-order valence-electron chi connectivity index (χ0n) is 12.7. The molecular weight excluding hydrogens is 240 g/mol. The molecule has 1 unspecified atom stereocenters. The summed E-state index contributed by atoms with van der Waals surface area (Å²) in [6, 6.07) is 6.03. The van der Waals surface area contributed by atoms with E-state index in [4.69, 9.17) is 4.74 Å². The van der Waals surface area contributed by atoms with Crippen molar-refractivity contribution in [3.63, 3.8) is 0 Å². The Kier molecular flexibility index (Phi) is 6.12. The van der Waals surface area contributed by atoms with E-state index in [2.05, 4.69) is 37.7 Å². The number of ether oxygens (including phenoxy) is 1. The Morgan fingerprint density at radius 1 is 1.32 bits per heavy atom. The molecule has 1 N–H and O–H groups in total. The highest BCUT2D eigenvalue weighted by molar-refractivity contribution is 5.41. The standard InChI is InChI=1S/C15H26N2O2/c1-6-17(12(2)10-16(3)4)11-13-7-8-14(18)15(9-13)19-5/h7-9,12,18H,6,10-11H2,1-5H3. The first-order chi connectivity index (χ1) is 8.97. The van der Waals surface area contributed by atoms with Crippen molar-refractivity contribution in [2.24, 2.45) is 0 Å².